The first-order valence-electron chi connectivity index (χ1n) is 7.11. The van der Waals surface area contributed by atoms with Crippen molar-refractivity contribution in [2.75, 3.05) is 0 Å². The van der Waals surface area contributed by atoms with Crippen molar-refractivity contribution in [2.45, 2.75) is 45.6 Å². The minimum atomic E-state index is -0.979. The van der Waals surface area contributed by atoms with Crippen LogP contribution in [0.5, 0.6) is 0 Å². The van der Waals surface area contributed by atoms with Crippen molar-refractivity contribution in [1.29, 1.82) is 0 Å². The molecule has 22 heavy (non-hydrogen) atoms. The Bertz CT molecular complexity index is 508. The number of nitrogens with two attached hydrogens (primary N) is 1. The number of carbonyl (C=O) groups is 2. The number of ether oxygens (including phenoxy) is 1. The van der Waals surface area contributed by atoms with E-state index in [0.717, 1.165) is 12.0 Å². The van der Waals surface area contributed by atoms with Gasteiger partial charge in [-0.15, -0.1) is 0 Å². The minimum Gasteiger partial charge on any atom is -0.459 e. The molecule has 1 atom stereocenters. The summed E-state index contributed by atoms with van der Waals surface area (Å²) >= 11 is 2.24. The summed E-state index contributed by atoms with van der Waals surface area (Å²) in [6.45, 7) is 5.25. The van der Waals surface area contributed by atoms with Gasteiger partial charge in [0, 0.05) is 3.57 Å². The lowest BCUT2D eigenvalue weighted by Crippen LogP contribution is -2.34. The van der Waals surface area contributed by atoms with Gasteiger partial charge in [0.05, 0.1) is 0 Å². The van der Waals surface area contributed by atoms with Gasteiger partial charge in [-0.25, -0.2) is 4.79 Å². The summed E-state index contributed by atoms with van der Waals surface area (Å²) in [7, 11) is 0. The smallest absolute Gasteiger partial charge is 0.338 e. The van der Waals surface area contributed by atoms with Crippen LogP contribution in [0.3, 0.4) is 0 Å². The molecule has 2 N–H and O–H groups in total. The van der Waals surface area contributed by atoms with E-state index in [1.165, 1.54) is 3.57 Å². The van der Waals surface area contributed by atoms with Crippen LogP contribution in [0.2, 0.25) is 0 Å². The van der Waals surface area contributed by atoms with E-state index in [1.54, 1.807) is 20.8 Å². The monoisotopic (exact) mass is 419 g/mol. The second-order valence-corrected chi connectivity index (χ2v) is 7.29. The molecule has 0 aliphatic carbocycles. The molecule has 122 valence electrons. The molecule has 0 heterocycles. The first-order chi connectivity index (χ1) is 10.2. The van der Waals surface area contributed by atoms with E-state index in [-0.39, 0.29) is 0 Å². The lowest BCUT2D eigenvalue weighted by atomic mass is 9.99. The highest BCUT2D eigenvalue weighted by atomic mass is 127. The van der Waals surface area contributed by atoms with Gasteiger partial charge in [-0.1, -0.05) is 12.1 Å². The fraction of sp³-hybridized carbons (Fsp3) is 0.500. The van der Waals surface area contributed by atoms with Crippen LogP contribution >= 0.6 is 22.6 Å². The maximum absolute atomic E-state index is 12.1. The van der Waals surface area contributed by atoms with E-state index in [2.05, 4.69) is 27.4 Å². The largest absolute Gasteiger partial charge is 0.459 e. The maximum Gasteiger partial charge on any atom is 0.338 e. The molecule has 0 amide bonds. The number of benzene rings is 1. The second-order valence-electron chi connectivity index (χ2n) is 6.04. The minimum absolute atomic E-state index is 0.344. The van der Waals surface area contributed by atoms with Crippen molar-refractivity contribution in [3.8, 4) is 0 Å². The van der Waals surface area contributed by atoms with Crippen molar-refractivity contribution < 1.29 is 19.2 Å². The van der Waals surface area contributed by atoms with Gasteiger partial charge >= 0.3 is 11.9 Å². The number of halogens is 1. The first kappa shape index (κ1) is 18.9. The highest BCUT2D eigenvalue weighted by Gasteiger charge is 2.32. The highest BCUT2D eigenvalue weighted by Crippen LogP contribution is 2.18. The number of hydrogen-bond acceptors (Lipinski definition) is 5. The lowest BCUT2D eigenvalue weighted by Gasteiger charge is -2.22. The summed E-state index contributed by atoms with van der Waals surface area (Å²) in [5, 5.41) is 0. The Morgan fingerprint density at radius 1 is 1.18 bits per heavy atom. The number of aryl methyl sites for hydroxylation is 1. The zero-order valence-electron chi connectivity index (χ0n) is 13.1. The normalized spacial score (nSPS) is 12.6. The fourth-order valence-electron chi connectivity index (χ4n) is 1.95. The van der Waals surface area contributed by atoms with Crippen LogP contribution < -0.4 is 5.90 Å². The second kappa shape index (κ2) is 8.47. The summed E-state index contributed by atoms with van der Waals surface area (Å²) in [6.07, 6.45) is 1.78. The van der Waals surface area contributed by atoms with E-state index in [9.17, 15) is 9.59 Å². The van der Waals surface area contributed by atoms with Gasteiger partial charge in [0.25, 0.3) is 0 Å². The average Bonchev–Trinajstić information content (AvgIpc) is 2.42. The first-order valence-corrected chi connectivity index (χ1v) is 8.18. The molecule has 6 heteroatoms. The summed E-state index contributed by atoms with van der Waals surface area (Å²) in [5.41, 5.74) is 0.504. The van der Waals surface area contributed by atoms with E-state index >= 15 is 0 Å². The molecular formula is C16H22INO4. The third-order valence-electron chi connectivity index (χ3n) is 2.96. The number of hydrogen-bond donors (Lipinski definition) is 1. The zero-order valence-corrected chi connectivity index (χ0v) is 15.3. The lowest BCUT2D eigenvalue weighted by molar-refractivity contribution is -0.169. The zero-order chi connectivity index (χ0) is 16.8. The van der Waals surface area contributed by atoms with Crippen molar-refractivity contribution in [3.63, 3.8) is 0 Å². The van der Waals surface area contributed by atoms with Crippen LogP contribution in [0, 0.1) is 9.49 Å². The van der Waals surface area contributed by atoms with Gasteiger partial charge in [-0.2, -0.15) is 5.90 Å². The average molecular weight is 419 g/mol. The number of rotatable bonds is 6. The molecule has 0 saturated heterocycles. The molecule has 5 nitrogen and oxygen atoms in total. The van der Waals surface area contributed by atoms with Gasteiger partial charge < -0.3 is 9.57 Å². The van der Waals surface area contributed by atoms with Crippen molar-refractivity contribution in [3.05, 3.63) is 33.4 Å². The van der Waals surface area contributed by atoms with E-state index in [0.29, 0.717) is 12.8 Å². The molecule has 0 radical (unpaired) electrons. The Labute approximate surface area is 144 Å². The molecule has 0 saturated carbocycles. The number of carbonyl (C=O) groups excluding carboxylic acids is 2. The van der Waals surface area contributed by atoms with E-state index in [4.69, 9.17) is 10.6 Å². The van der Waals surface area contributed by atoms with Crippen molar-refractivity contribution in [2.24, 2.45) is 11.8 Å². The molecular weight excluding hydrogens is 397 g/mol. The Balaban J connectivity index is 2.60. The summed E-state index contributed by atoms with van der Waals surface area (Å²) in [5.74, 6) is 2.59. The van der Waals surface area contributed by atoms with E-state index in [1.807, 2.05) is 24.3 Å². The van der Waals surface area contributed by atoms with Crippen LogP contribution in [0.25, 0.3) is 0 Å². The standard InChI is InChI=1S/C16H22INO4/c1-16(2,3)21-14(19)13(15(20)22-18)6-4-5-11-7-9-12(17)10-8-11/h7-10,13H,4-6,18H2,1-3H3/t13-/m0/s1. The highest BCUT2D eigenvalue weighted by molar-refractivity contribution is 14.1. The molecule has 0 unspecified atom stereocenters. The topological polar surface area (TPSA) is 78.6 Å². The third-order valence-corrected chi connectivity index (χ3v) is 3.68. The van der Waals surface area contributed by atoms with Crippen LogP contribution in [0.15, 0.2) is 24.3 Å². The molecule has 0 fully saturated rings. The van der Waals surface area contributed by atoms with Crippen LogP contribution in [0.4, 0.5) is 0 Å². The van der Waals surface area contributed by atoms with Crippen LogP contribution in [0.1, 0.15) is 39.2 Å². The van der Waals surface area contributed by atoms with Gasteiger partial charge in [0.2, 0.25) is 0 Å². The molecule has 0 aliphatic heterocycles. The SMILES string of the molecule is CC(C)(C)OC(=O)[C@H](CCCc1ccc(I)cc1)C(=O)ON. The van der Waals surface area contributed by atoms with Crippen molar-refractivity contribution in [1.82, 2.24) is 0 Å². The molecule has 1 rings (SSSR count). The quantitative estimate of drug-likeness (QED) is 0.332. The van der Waals surface area contributed by atoms with Gasteiger partial charge in [0.1, 0.15) is 5.60 Å². The predicted molar refractivity (Wildman–Crippen MR) is 91.7 cm³/mol. The predicted octanol–water partition coefficient (Wildman–Crippen LogP) is 2.99. The molecule has 0 aliphatic rings. The summed E-state index contributed by atoms with van der Waals surface area (Å²) in [6, 6.07) is 8.11. The van der Waals surface area contributed by atoms with Gasteiger partial charge in [0.15, 0.2) is 5.92 Å². The Hall–Kier alpha value is -1.15. The Morgan fingerprint density at radius 2 is 1.77 bits per heavy atom. The number of esters is 1. The molecule has 0 spiro atoms. The van der Waals surface area contributed by atoms with Gasteiger partial charge in [-0.05, 0) is 80.3 Å². The molecule has 0 bridgehead atoms. The van der Waals surface area contributed by atoms with Crippen LogP contribution in [-0.4, -0.2) is 17.5 Å². The van der Waals surface area contributed by atoms with E-state index < -0.39 is 23.5 Å². The fourth-order valence-corrected chi connectivity index (χ4v) is 2.31. The van der Waals surface area contributed by atoms with Gasteiger partial charge in [-0.3, -0.25) is 4.79 Å². The summed E-state index contributed by atoms with van der Waals surface area (Å²) < 4.78 is 6.41. The summed E-state index contributed by atoms with van der Waals surface area (Å²) in [4.78, 5) is 28.0. The third kappa shape index (κ3) is 6.74. The van der Waals surface area contributed by atoms with Crippen LogP contribution in [-0.2, 0) is 25.6 Å². The Morgan fingerprint density at radius 3 is 2.27 bits per heavy atom. The molecule has 1 aromatic rings. The maximum atomic E-state index is 12.1. The molecule has 0 aromatic heterocycles. The molecule has 1 aromatic carbocycles. The van der Waals surface area contributed by atoms with Crippen molar-refractivity contribution >= 4 is 34.5 Å². The Kier molecular flexibility index (Phi) is 7.28.